The van der Waals surface area contributed by atoms with Crippen molar-refractivity contribution >= 4 is 31.9 Å². The summed E-state index contributed by atoms with van der Waals surface area (Å²) in [6, 6.07) is 9.62. The lowest BCUT2D eigenvalue weighted by Gasteiger charge is -2.31. The van der Waals surface area contributed by atoms with Crippen LogP contribution in [0.25, 0.3) is 0 Å². The predicted octanol–water partition coefficient (Wildman–Crippen LogP) is 2.63. The molecule has 0 spiro atoms. The molecule has 128 valence electrons. The van der Waals surface area contributed by atoms with Crippen molar-refractivity contribution in [2.24, 2.45) is 0 Å². The van der Waals surface area contributed by atoms with Gasteiger partial charge in [0.2, 0.25) is 10.0 Å². The van der Waals surface area contributed by atoms with Crippen LogP contribution in [0.15, 0.2) is 56.4 Å². The van der Waals surface area contributed by atoms with Crippen molar-refractivity contribution in [2.45, 2.75) is 23.8 Å². The van der Waals surface area contributed by atoms with Crippen molar-refractivity contribution in [1.29, 1.82) is 0 Å². The number of halogens is 1. The van der Waals surface area contributed by atoms with Crippen LogP contribution in [0.3, 0.4) is 0 Å². The number of hydrogen-bond donors (Lipinski definition) is 1. The summed E-state index contributed by atoms with van der Waals surface area (Å²) in [5, 5.41) is 0. The van der Waals surface area contributed by atoms with Gasteiger partial charge in [-0.2, -0.15) is 0 Å². The second-order valence-electron chi connectivity index (χ2n) is 5.62. The molecule has 2 heterocycles. The molecule has 1 N–H and O–H groups in total. The molecule has 0 saturated carbocycles. The van der Waals surface area contributed by atoms with Gasteiger partial charge >= 0.3 is 0 Å². The third-order valence-electron chi connectivity index (χ3n) is 3.96. The Labute approximate surface area is 149 Å². The molecule has 1 aliphatic rings. The largest absolute Gasteiger partial charge is 0.459 e. The fraction of sp³-hybridized carbons (Fsp3) is 0.312. The highest BCUT2D eigenvalue weighted by atomic mass is 79.9. The third kappa shape index (κ3) is 3.88. The smallest absolute Gasteiger partial charge is 0.289 e. The zero-order chi connectivity index (χ0) is 17.2. The fourth-order valence-corrected chi connectivity index (χ4v) is 4.23. The summed E-state index contributed by atoms with van der Waals surface area (Å²) in [6.45, 7) is 0.986. The molecule has 0 atom stereocenters. The number of nitrogens with zero attached hydrogens (tertiary/aromatic N) is 1. The first-order chi connectivity index (χ1) is 11.5. The van der Waals surface area contributed by atoms with Crippen LogP contribution in [-0.4, -0.2) is 38.4 Å². The minimum Gasteiger partial charge on any atom is -0.459 e. The van der Waals surface area contributed by atoms with Gasteiger partial charge in [-0.1, -0.05) is 15.9 Å². The highest BCUT2D eigenvalue weighted by Crippen LogP contribution is 2.18. The van der Waals surface area contributed by atoms with Gasteiger partial charge in [0.15, 0.2) is 5.76 Å². The van der Waals surface area contributed by atoms with Gasteiger partial charge in [0.05, 0.1) is 11.2 Å². The van der Waals surface area contributed by atoms with Gasteiger partial charge in [-0.3, -0.25) is 4.79 Å². The monoisotopic (exact) mass is 412 g/mol. The maximum atomic E-state index is 12.4. The Bertz CT molecular complexity index is 795. The second kappa shape index (κ2) is 7.08. The summed E-state index contributed by atoms with van der Waals surface area (Å²) in [5.74, 6) is 0.151. The van der Waals surface area contributed by atoms with E-state index in [9.17, 15) is 13.2 Å². The van der Waals surface area contributed by atoms with Gasteiger partial charge in [-0.05, 0) is 49.2 Å². The highest BCUT2D eigenvalue weighted by molar-refractivity contribution is 9.10. The summed E-state index contributed by atoms with van der Waals surface area (Å²) in [6.07, 6.45) is 2.61. The van der Waals surface area contributed by atoms with Gasteiger partial charge in [0.25, 0.3) is 5.91 Å². The predicted molar refractivity (Wildman–Crippen MR) is 92.1 cm³/mol. The normalized spacial score (nSPS) is 16.3. The van der Waals surface area contributed by atoms with Crippen molar-refractivity contribution in [3.63, 3.8) is 0 Å². The first kappa shape index (κ1) is 17.2. The molecule has 0 radical (unpaired) electrons. The van der Waals surface area contributed by atoms with Crippen LogP contribution in [-0.2, 0) is 10.0 Å². The first-order valence-electron chi connectivity index (χ1n) is 7.56. The molecule has 1 aromatic heterocycles. The Morgan fingerprint density at radius 3 is 2.42 bits per heavy atom. The molecule has 0 unspecified atom stereocenters. The Balaban J connectivity index is 1.59. The van der Waals surface area contributed by atoms with Gasteiger partial charge in [0.1, 0.15) is 0 Å². The van der Waals surface area contributed by atoms with E-state index >= 15 is 0 Å². The van der Waals surface area contributed by atoms with Crippen LogP contribution in [0.2, 0.25) is 0 Å². The molecule has 0 aliphatic carbocycles. The highest BCUT2D eigenvalue weighted by Gasteiger charge is 2.28. The number of sulfonamides is 1. The third-order valence-corrected chi connectivity index (χ3v) is 6.02. The lowest BCUT2D eigenvalue weighted by atomic mass is 10.1. The Morgan fingerprint density at radius 1 is 1.17 bits per heavy atom. The topological polar surface area (TPSA) is 79.6 Å². The summed E-state index contributed by atoms with van der Waals surface area (Å²) >= 11 is 3.29. The minimum atomic E-state index is -3.55. The molecular formula is C16H17BrN2O4S. The summed E-state index contributed by atoms with van der Waals surface area (Å²) in [5.41, 5.74) is 0. The second-order valence-corrected chi connectivity index (χ2v) is 8.25. The van der Waals surface area contributed by atoms with Gasteiger partial charge in [0, 0.05) is 23.6 Å². The molecule has 3 rings (SSSR count). The van der Waals surface area contributed by atoms with E-state index in [4.69, 9.17) is 4.42 Å². The molecule has 1 aliphatic heterocycles. The number of piperidine rings is 1. The fourth-order valence-electron chi connectivity index (χ4n) is 2.66. The summed E-state index contributed by atoms with van der Waals surface area (Å²) in [7, 11) is -3.55. The van der Waals surface area contributed by atoms with E-state index in [1.54, 1.807) is 41.3 Å². The zero-order valence-corrected chi connectivity index (χ0v) is 15.2. The van der Waals surface area contributed by atoms with Crippen LogP contribution >= 0.6 is 15.9 Å². The standard InChI is InChI=1S/C16H17BrN2O4S/c17-12-3-5-14(6-4-12)24(21,22)18-13-7-9-19(10-8-13)16(20)15-2-1-11-23-15/h1-6,11,13,18H,7-10H2. The van der Waals surface area contributed by atoms with E-state index in [0.717, 1.165) is 4.47 Å². The number of furan rings is 1. The van der Waals surface area contributed by atoms with Crippen molar-refractivity contribution in [3.05, 3.63) is 52.9 Å². The van der Waals surface area contributed by atoms with Crippen molar-refractivity contribution in [2.75, 3.05) is 13.1 Å². The van der Waals surface area contributed by atoms with Crippen LogP contribution < -0.4 is 4.72 Å². The molecule has 1 fully saturated rings. The van der Waals surface area contributed by atoms with Crippen LogP contribution in [0.4, 0.5) is 0 Å². The maximum Gasteiger partial charge on any atom is 0.289 e. The Hall–Kier alpha value is -1.64. The molecule has 24 heavy (non-hydrogen) atoms. The first-order valence-corrected chi connectivity index (χ1v) is 9.84. The molecule has 1 saturated heterocycles. The number of rotatable bonds is 4. The van der Waals surface area contributed by atoms with E-state index < -0.39 is 10.0 Å². The number of amides is 1. The summed E-state index contributed by atoms with van der Waals surface area (Å²) in [4.78, 5) is 14.1. The molecule has 2 aromatic rings. The quantitative estimate of drug-likeness (QED) is 0.836. The molecule has 1 aromatic carbocycles. The van der Waals surface area contributed by atoms with Crippen LogP contribution in [0.5, 0.6) is 0 Å². The Morgan fingerprint density at radius 2 is 1.83 bits per heavy atom. The number of carbonyl (C=O) groups excluding carboxylic acids is 1. The van der Waals surface area contributed by atoms with E-state index in [1.165, 1.54) is 6.26 Å². The van der Waals surface area contributed by atoms with Crippen molar-refractivity contribution in [1.82, 2.24) is 9.62 Å². The van der Waals surface area contributed by atoms with Crippen molar-refractivity contribution < 1.29 is 17.6 Å². The average molecular weight is 413 g/mol. The zero-order valence-electron chi connectivity index (χ0n) is 12.8. The molecule has 6 nitrogen and oxygen atoms in total. The number of carbonyl (C=O) groups is 1. The number of benzene rings is 1. The van der Waals surface area contributed by atoms with E-state index in [0.29, 0.717) is 31.7 Å². The SMILES string of the molecule is O=C(c1ccco1)N1CCC(NS(=O)(=O)c2ccc(Br)cc2)CC1. The summed E-state index contributed by atoms with van der Waals surface area (Å²) < 4.78 is 33.4. The molecular weight excluding hydrogens is 396 g/mol. The van der Waals surface area contributed by atoms with Crippen LogP contribution in [0.1, 0.15) is 23.4 Å². The lowest BCUT2D eigenvalue weighted by Crippen LogP contribution is -2.46. The minimum absolute atomic E-state index is 0.158. The number of hydrogen-bond acceptors (Lipinski definition) is 4. The number of nitrogens with one attached hydrogen (secondary N) is 1. The maximum absolute atomic E-state index is 12.4. The van der Waals surface area contributed by atoms with E-state index in [1.807, 2.05) is 0 Å². The average Bonchev–Trinajstić information content (AvgIpc) is 3.09. The molecule has 1 amide bonds. The van der Waals surface area contributed by atoms with E-state index in [2.05, 4.69) is 20.7 Å². The van der Waals surface area contributed by atoms with E-state index in [-0.39, 0.29) is 16.8 Å². The Kier molecular flexibility index (Phi) is 5.07. The number of likely N-dealkylation sites (tertiary alicyclic amines) is 1. The molecule has 0 bridgehead atoms. The van der Waals surface area contributed by atoms with Gasteiger partial charge in [-0.25, -0.2) is 13.1 Å². The van der Waals surface area contributed by atoms with Crippen LogP contribution in [0, 0.1) is 0 Å². The molecule has 8 heteroatoms. The lowest BCUT2D eigenvalue weighted by molar-refractivity contribution is 0.0679. The van der Waals surface area contributed by atoms with Gasteiger partial charge < -0.3 is 9.32 Å². The van der Waals surface area contributed by atoms with Crippen molar-refractivity contribution in [3.8, 4) is 0 Å². The van der Waals surface area contributed by atoms with Gasteiger partial charge in [-0.15, -0.1) is 0 Å².